The highest BCUT2D eigenvalue weighted by atomic mass is 16.1. The Morgan fingerprint density at radius 2 is 1.78 bits per heavy atom. The van der Waals surface area contributed by atoms with Crippen LogP contribution in [0.1, 0.15) is 83.8 Å². The van der Waals surface area contributed by atoms with Crippen molar-refractivity contribution in [1.82, 2.24) is 0 Å². The molecule has 0 saturated heterocycles. The van der Waals surface area contributed by atoms with Crippen LogP contribution < -0.4 is 0 Å². The summed E-state index contributed by atoms with van der Waals surface area (Å²) in [7, 11) is 0. The van der Waals surface area contributed by atoms with E-state index < -0.39 is 5.41 Å². The van der Waals surface area contributed by atoms with E-state index in [1.54, 1.807) is 0 Å². The van der Waals surface area contributed by atoms with Crippen LogP contribution in [0.2, 0.25) is 0 Å². The van der Waals surface area contributed by atoms with Gasteiger partial charge in [0, 0.05) is 6.42 Å². The van der Waals surface area contributed by atoms with Crippen LogP contribution in [0.4, 0.5) is 0 Å². The molecule has 2 heteroatoms. The van der Waals surface area contributed by atoms with Crippen molar-refractivity contribution in [2.75, 3.05) is 0 Å². The van der Waals surface area contributed by atoms with Gasteiger partial charge in [0.15, 0.2) is 0 Å². The summed E-state index contributed by atoms with van der Waals surface area (Å²) in [6, 6.07) is 9.87. The van der Waals surface area contributed by atoms with Crippen molar-refractivity contribution in [3.8, 4) is 6.07 Å². The van der Waals surface area contributed by atoms with Crippen LogP contribution in [0.25, 0.3) is 0 Å². The lowest BCUT2D eigenvalue weighted by Crippen LogP contribution is -2.40. The highest BCUT2D eigenvalue weighted by molar-refractivity contribution is 5.90. The summed E-state index contributed by atoms with van der Waals surface area (Å²) in [5.74, 6) is 0.647. The lowest BCUT2D eigenvalue weighted by molar-refractivity contribution is -0.126. The summed E-state index contributed by atoms with van der Waals surface area (Å²) in [4.78, 5) is 12.9. The second-order valence-corrected chi connectivity index (χ2v) is 6.65. The SMILES string of the molecule is CCCCC(CCCC)C(C)(C(=O)CC)c1cccc(C#N)c1. The standard InChI is InChI=1S/C21H31NO/c1-5-8-12-18(13-9-6-2)21(4,20(23)7-3)19-14-10-11-17(15-19)16-22/h10-11,14-15,18H,5-9,12-13H2,1-4H3. The Bertz CT molecular complexity index is 535. The fourth-order valence-electron chi connectivity index (χ4n) is 3.53. The average Bonchev–Trinajstić information content (AvgIpc) is 2.60. The normalized spacial score (nSPS) is 13.6. The van der Waals surface area contributed by atoms with Gasteiger partial charge < -0.3 is 0 Å². The summed E-state index contributed by atoms with van der Waals surface area (Å²) < 4.78 is 0. The number of Topliss-reactive ketones (excluding diaryl/α,β-unsaturated/α-hetero) is 1. The largest absolute Gasteiger partial charge is 0.299 e. The molecule has 126 valence electrons. The van der Waals surface area contributed by atoms with E-state index in [1.165, 1.54) is 0 Å². The van der Waals surface area contributed by atoms with Gasteiger partial charge in [-0.3, -0.25) is 4.79 Å². The van der Waals surface area contributed by atoms with Gasteiger partial charge in [-0.05, 0) is 43.4 Å². The van der Waals surface area contributed by atoms with Gasteiger partial charge in [0.1, 0.15) is 5.78 Å². The Labute approximate surface area is 141 Å². The van der Waals surface area contributed by atoms with Crippen molar-refractivity contribution in [2.45, 2.75) is 78.1 Å². The monoisotopic (exact) mass is 313 g/mol. The van der Waals surface area contributed by atoms with E-state index in [2.05, 4.69) is 26.8 Å². The van der Waals surface area contributed by atoms with E-state index in [9.17, 15) is 10.1 Å². The molecule has 0 radical (unpaired) electrons. The van der Waals surface area contributed by atoms with Crippen LogP contribution in [0, 0.1) is 17.2 Å². The van der Waals surface area contributed by atoms with E-state index in [1.807, 2.05) is 31.2 Å². The first-order valence-electron chi connectivity index (χ1n) is 9.08. The van der Waals surface area contributed by atoms with Gasteiger partial charge in [-0.25, -0.2) is 0 Å². The van der Waals surface area contributed by atoms with Crippen molar-refractivity contribution in [2.24, 2.45) is 5.92 Å². The zero-order valence-electron chi connectivity index (χ0n) is 15.2. The molecular formula is C21H31NO. The van der Waals surface area contributed by atoms with Crippen LogP contribution in [0.15, 0.2) is 24.3 Å². The molecule has 0 N–H and O–H groups in total. The lowest BCUT2D eigenvalue weighted by atomic mass is 9.65. The van der Waals surface area contributed by atoms with Gasteiger partial charge in [-0.15, -0.1) is 0 Å². The Morgan fingerprint density at radius 1 is 1.17 bits per heavy atom. The van der Waals surface area contributed by atoms with Crippen LogP contribution in [0.3, 0.4) is 0 Å². The summed E-state index contributed by atoms with van der Waals surface area (Å²) >= 11 is 0. The molecule has 23 heavy (non-hydrogen) atoms. The number of carbonyl (C=O) groups is 1. The maximum atomic E-state index is 12.9. The fourth-order valence-corrected chi connectivity index (χ4v) is 3.53. The minimum absolute atomic E-state index is 0.296. The number of benzene rings is 1. The van der Waals surface area contributed by atoms with Crippen LogP contribution in [-0.2, 0) is 10.2 Å². The van der Waals surface area contributed by atoms with Crippen LogP contribution >= 0.6 is 0 Å². The molecule has 0 aromatic heterocycles. The molecule has 2 nitrogen and oxygen atoms in total. The molecule has 1 aromatic rings. The third kappa shape index (κ3) is 4.67. The second kappa shape index (κ2) is 9.50. The Morgan fingerprint density at radius 3 is 2.26 bits per heavy atom. The molecule has 0 aliphatic heterocycles. The number of hydrogen-bond donors (Lipinski definition) is 0. The van der Waals surface area contributed by atoms with Crippen LogP contribution in [-0.4, -0.2) is 5.78 Å². The minimum atomic E-state index is -0.480. The fraction of sp³-hybridized carbons (Fsp3) is 0.619. The molecule has 0 aliphatic rings. The summed E-state index contributed by atoms with van der Waals surface area (Å²) in [6.07, 6.45) is 7.30. The zero-order valence-corrected chi connectivity index (χ0v) is 15.2. The number of hydrogen-bond acceptors (Lipinski definition) is 2. The van der Waals surface area contributed by atoms with Gasteiger partial charge in [0.05, 0.1) is 17.0 Å². The van der Waals surface area contributed by atoms with Crippen LogP contribution in [0.5, 0.6) is 0 Å². The quantitative estimate of drug-likeness (QED) is 0.548. The van der Waals surface area contributed by atoms with Gasteiger partial charge in [-0.2, -0.15) is 5.26 Å². The van der Waals surface area contributed by atoms with Crippen molar-refractivity contribution in [1.29, 1.82) is 5.26 Å². The molecular weight excluding hydrogens is 282 g/mol. The van der Waals surface area contributed by atoms with E-state index in [0.29, 0.717) is 23.7 Å². The number of rotatable bonds is 10. The molecule has 0 bridgehead atoms. The molecule has 1 unspecified atom stereocenters. The highest BCUT2D eigenvalue weighted by Gasteiger charge is 2.40. The Hall–Kier alpha value is -1.62. The number of unbranched alkanes of at least 4 members (excludes halogenated alkanes) is 2. The average molecular weight is 313 g/mol. The second-order valence-electron chi connectivity index (χ2n) is 6.65. The van der Waals surface area contributed by atoms with Gasteiger partial charge in [0.25, 0.3) is 0 Å². The summed E-state index contributed by atoms with van der Waals surface area (Å²) in [5.41, 5.74) is 1.18. The van der Waals surface area contributed by atoms with E-state index in [-0.39, 0.29) is 0 Å². The van der Waals surface area contributed by atoms with E-state index in [0.717, 1.165) is 44.1 Å². The summed E-state index contributed by atoms with van der Waals surface area (Å²) in [5, 5.41) is 9.21. The predicted molar refractivity (Wildman–Crippen MR) is 96.3 cm³/mol. The molecule has 0 saturated carbocycles. The number of carbonyl (C=O) groups excluding carboxylic acids is 1. The molecule has 0 spiro atoms. The van der Waals surface area contributed by atoms with Crippen molar-refractivity contribution < 1.29 is 4.79 Å². The number of nitrogens with zero attached hydrogens (tertiary/aromatic N) is 1. The van der Waals surface area contributed by atoms with Gasteiger partial charge in [-0.1, -0.05) is 58.6 Å². The number of nitriles is 1. The van der Waals surface area contributed by atoms with Gasteiger partial charge in [0.2, 0.25) is 0 Å². The van der Waals surface area contributed by atoms with E-state index in [4.69, 9.17) is 0 Å². The summed E-state index contributed by atoms with van der Waals surface area (Å²) in [6.45, 7) is 8.45. The van der Waals surface area contributed by atoms with Crippen molar-refractivity contribution in [3.63, 3.8) is 0 Å². The predicted octanol–water partition coefficient (Wildman–Crippen LogP) is 5.79. The molecule has 1 aromatic carbocycles. The van der Waals surface area contributed by atoms with Crippen molar-refractivity contribution in [3.05, 3.63) is 35.4 Å². The first-order valence-corrected chi connectivity index (χ1v) is 9.08. The molecule has 0 fully saturated rings. The Balaban J connectivity index is 3.31. The van der Waals surface area contributed by atoms with E-state index >= 15 is 0 Å². The smallest absolute Gasteiger partial charge is 0.143 e. The molecule has 1 atom stereocenters. The van der Waals surface area contributed by atoms with Crippen molar-refractivity contribution >= 4 is 5.78 Å². The Kier molecular flexibility index (Phi) is 8.03. The zero-order chi connectivity index (χ0) is 17.3. The molecule has 0 amide bonds. The maximum Gasteiger partial charge on any atom is 0.143 e. The first kappa shape index (κ1) is 19.4. The van der Waals surface area contributed by atoms with Gasteiger partial charge >= 0.3 is 0 Å². The highest BCUT2D eigenvalue weighted by Crippen LogP contribution is 2.40. The third-order valence-electron chi connectivity index (χ3n) is 5.12. The minimum Gasteiger partial charge on any atom is -0.299 e. The topological polar surface area (TPSA) is 40.9 Å². The lowest BCUT2D eigenvalue weighted by Gasteiger charge is -2.37. The molecule has 1 rings (SSSR count). The molecule has 0 aliphatic carbocycles. The molecule has 0 heterocycles. The first-order chi connectivity index (χ1) is 11.0. The number of ketones is 1. The maximum absolute atomic E-state index is 12.9. The third-order valence-corrected chi connectivity index (χ3v) is 5.12.